The summed E-state index contributed by atoms with van der Waals surface area (Å²) in [5, 5.41) is 11.8. The Bertz CT molecular complexity index is 892. The van der Waals surface area contributed by atoms with Gasteiger partial charge in [-0.15, -0.1) is 5.10 Å². The number of benzene rings is 2. The summed E-state index contributed by atoms with van der Waals surface area (Å²) in [7, 11) is 1.57. The van der Waals surface area contributed by atoms with Crippen LogP contribution in [0.5, 0.6) is 5.75 Å². The number of carbonyl (C=O) groups is 1. The molecule has 9 heteroatoms. The summed E-state index contributed by atoms with van der Waals surface area (Å²) in [6.07, 6.45) is 0.349. The minimum Gasteiger partial charge on any atom is -0.497 e. The fourth-order valence-corrected chi connectivity index (χ4v) is 2.15. The first-order valence-corrected chi connectivity index (χ1v) is 7.52. The second kappa shape index (κ2) is 7.60. The number of nitrogens with one attached hydrogen (secondary N) is 2. The molecule has 26 heavy (non-hydrogen) atoms. The number of para-hydroxylation sites is 1. The highest BCUT2D eigenvalue weighted by atomic mass is 19.1. The van der Waals surface area contributed by atoms with Gasteiger partial charge >= 0.3 is 12.0 Å². The Morgan fingerprint density at radius 3 is 2.42 bits per heavy atom. The molecule has 2 N–H and O–H groups in total. The van der Waals surface area contributed by atoms with E-state index in [1.54, 1.807) is 19.2 Å². The number of nitrogens with zero attached hydrogens (tertiary/aromatic N) is 2. The van der Waals surface area contributed by atoms with E-state index in [2.05, 4.69) is 20.8 Å². The molecule has 0 aliphatic heterocycles. The molecule has 0 aliphatic rings. The summed E-state index contributed by atoms with van der Waals surface area (Å²) in [6.45, 7) is 0. The van der Waals surface area contributed by atoms with Gasteiger partial charge in [-0.1, -0.05) is 23.3 Å². The number of aromatic nitrogens is 2. The molecule has 7 nitrogen and oxygen atoms in total. The molecule has 0 aliphatic carbocycles. The van der Waals surface area contributed by atoms with Crippen LogP contribution in [0.1, 0.15) is 11.5 Å². The van der Waals surface area contributed by atoms with Crippen LogP contribution in [0.15, 0.2) is 46.9 Å². The lowest BCUT2D eigenvalue weighted by Gasteiger charge is -2.06. The summed E-state index contributed by atoms with van der Waals surface area (Å²) in [4.78, 5) is 11.8. The first-order chi connectivity index (χ1) is 12.5. The van der Waals surface area contributed by atoms with Crippen molar-refractivity contribution < 1.29 is 22.7 Å². The molecule has 0 bridgehead atoms. The molecule has 0 spiro atoms. The van der Waals surface area contributed by atoms with Crippen LogP contribution in [0.2, 0.25) is 0 Å². The number of hydrogen-bond donors (Lipinski definition) is 2. The van der Waals surface area contributed by atoms with Crippen molar-refractivity contribution in [3.63, 3.8) is 0 Å². The summed E-state index contributed by atoms with van der Waals surface area (Å²) in [5.41, 5.74) is 0.335. The zero-order chi connectivity index (χ0) is 18.5. The predicted molar refractivity (Wildman–Crippen MR) is 89.1 cm³/mol. The zero-order valence-corrected chi connectivity index (χ0v) is 13.6. The largest absolute Gasteiger partial charge is 0.497 e. The van der Waals surface area contributed by atoms with Gasteiger partial charge in [0, 0.05) is 0 Å². The van der Waals surface area contributed by atoms with Gasteiger partial charge in [-0.3, -0.25) is 5.32 Å². The third kappa shape index (κ3) is 4.12. The standard InChI is InChI=1S/C17H14F2N4O3/c1-25-11-7-5-10(6-8-11)9-14-22-23-17(26-14)21-16(24)20-15-12(18)3-2-4-13(15)19/h2-8H,9H2,1H3,(H2,20,21,23,24). The van der Waals surface area contributed by atoms with Gasteiger partial charge in [-0.05, 0) is 29.8 Å². The van der Waals surface area contributed by atoms with Crippen molar-refractivity contribution in [3.05, 3.63) is 65.6 Å². The average Bonchev–Trinajstić information content (AvgIpc) is 3.06. The number of hydrogen-bond acceptors (Lipinski definition) is 5. The number of urea groups is 1. The number of rotatable bonds is 5. The monoisotopic (exact) mass is 360 g/mol. The smallest absolute Gasteiger partial charge is 0.327 e. The molecular weight excluding hydrogens is 346 g/mol. The first-order valence-electron chi connectivity index (χ1n) is 7.52. The van der Waals surface area contributed by atoms with Crippen LogP contribution >= 0.6 is 0 Å². The summed E-state index contributed by atoms with van der Waals surface area (Å²) in [5.74, 6) is -0.807. The molecule has 0 unspecified atom stereocenters. The minimum atomic E-state index is -0.909. The van der Waals surface area contributed by atoms with Crippen molar-refractivity contribution in [3.8, 4) is 5.75 Å². The minimum absolute atomic E-state index is 0.192. The predicted octanol–water partition coefficient (Wildman–Crippen LogP) is 3.59. The average molecular weight is 360 g/mol. The number of amides is 2. The van der Waals surface area contributed by atoms with Crippen molar-refractivity contribution in [1.82, 2.24) is 10.2 Å². The maximum Gasteiger partial charge on any atom is 0.327 e. The van der Waals surface area contributed by atoms with E-state index in [0.29, 0.717) is 6.42 Å². The Hall–Kier alpha value is -3.49. The van der Waals surface area contributed by atoms with E-state index in [1.165, 1.54) is 6.07 Å². The number of halogens is 2. The summed E-state index contributed by atoms with van der Waals surface area (Å²) < 4.78 is 37.4. The van der Waals surface area contributed by atoms with E-state index in [1.807, 2.05) is 12.1 Å². The molecular formula is C17H14F2N4O3. The molecule has 134 valence electrons. The third-order valence-electron chi connectivity index (χ3n) is 3.40. The van der Waals surface area contributed by atoms with Gasteiger partial charge in [0.05, 0.1) is 13.5 Å². The molecule has 0 fully saturated rings. The van der Waals surface area contributed by atoms with Crippen LogP contribution in [0.3, 0.4) is 0 Å². The third-order valence-corrected chi connectivity index (χ3v) is 3.40. The molecule has 0 radical (unpaired) electrons. The van der Waals surface area contributed by atoms with Crippen molar-refractivity contribution in [2.24, 2.45) is 0 Å². The lowest BCUT2D eigenvalue weighted by molar-refractivity contribution is 0.261. The normalized spacial score (nSPS) is 10.4. The maximum absolute atomic E-state index is 13.5. The van der Waals surface area contributed by atoms with E-state index in [4.69, 9.17) is 9.15 Å². The van der Waals surface area contributed by atoms with Gasteiger partial charge in [0.15, 0.2) is 0 Å². The van der Waals surface area contributed by atoms with Crippen LogP contribution in [-0.4, -0.2) is 23.3 Å². The quantitative estimate of drug-likeness (QED) is 0.726. The van der Waals surface area contributed by atoms with Crippen molar-refractivity contribution in [1.29, 1.82) is 0 Å². The van der Waals surface area contributed by atoms with Gasteiger partial charge < -0.3 is 14.5 Å². The molecule has 0 saturated heterocycles. The van der Waals surface area contributed by atoms with E-state index in [0.717, 1.165) is 23.4 Å². The highest BCUT2D eigenvalue weighted by molar-refractivity contribution is 5.98. The van der Waals surface area contributed by atoms with E-state index in [9.17, 15) is 13.6 Å². The Kier molecular flexibility index (Phi) is 5.07. The molecule has 1 aromatic heterocycles. The van der Waals surface area contributed by atoms with E-state index in [-0.39, 0.29) is 11.9 Å². The number of anilines is 2. The molecule has 2 amide bonds. The van der Waals surface area contributed by atoms with Crippen molar-refractivity contribution in [2.75, 3.05) is 17.7 Å². The summed E-state index contributed by atoms with van der Waals surface area (Å²) in [6, 6.07) is 9.40. The molecule has 0 atom stereocenters. The van der Waals surface area contributed by atoms with Gasteiger partial charge in [0.25, 0.3) is 0 Å². The summed E-state index contributed by atoms with van der Waals surface area (Å²) >= 11 is 0. The molecule has 0 saturated carbocycles. The first kappa shape index (κ1) is 17.3. The van der Waals surface area contributed by atoms with Crippen LogP contribution in [0, 0.1) is 11.6 Å². The Balaban J connectivity index is 1.61. The van der Waals surface area contributed by atoms with Crippen molar-refractivity contribution in [2.45, 2.75) is 6.42 Å². The molecule has 1 heterocycles. The van der Waals surface area contributed by atoms with Gasteiger partial charge in [0.1, 0.15) is 23.1 Å². The lowest BCUT2D eigenvalue weighted by atomic mass is 10.1. The van der Waals surface area contributed by atoms with Gasteiger partial charge in [0.2, 0.25) is 5.89 Å². The van der Waals surface area contributed by atoms with E-state index < -0.39 is 23.4 Å². The second-order valence-electron chi connectivity index (χ2n) is 5.20. The topological polar surface area (TPSA) is 89.3 Å². The number of ether oxygens (including phenoxy) is 1. The SMILES string of the molecule is COc1ccc(Cc2nnc(NC(=O)Nc3c(F)cccc3F)o2)cc1. The number of carbonyl (C=O) groups excluding carboxylic acids is 1. The highest BCUT2D eigenvalue weighted by Gasteiger charge is 2.14. The van der Waals surface area contributed by atoms with Crippen LogP contribution in [-0.2, 0) is 6.42 Å². The van der Waals surface area contributed by atoms with E-state index >= 15 is 0 Å². The lowest BCUT2D eigenvalue weighted by Crippen LogP contribution is -2.21. The fraction of sp³-hybridized carbons (Fsp3) is 0.118. The van der Waals surface area contributed by atoms with Crippen LogP contribution in [0.25, 0.3) is 0 Å². The molecule has 3 rings (SSSR count). The fourth-order valence-electron chi connectivity index (χ4n) is 2.15. The highest BCUT2D eigenvalue weighted by Crippen LogP contribution is 2.19. The Morgan fingerprint density at radius 1 is 1.08 bits per heavy atom. The van der Waals surface area contributed by atoms with Gasteiger partial charge in [-0.2, -0.15) is 0 Å². The Morgan fingerprint density at radius 2 is 1.77 bits per heavy atom. The maximum atomic E-state index is 13.5. The van der Waals surface area contributed by atoms with Crippen LogP contribution in [0.4, 0.5) is 25.3 Å². The van der Waals surface area contributed by atoms with Gasteiger partial charge in [-0.25, -0.2) is 13.6 Å². The molecule has 3 aromatic rings. The van der Waals surface area contributed by atoms with Crippen LogP contribution < -0.4 is 15.4 Å². The number of methoxy groups -OCH3 is 1. The zero-order valence-electron chi connectivity index (χ0n) is 13.6. The Labute approximate surface area is 147 Å². The molecule has 2 aromatic carbocycles. The van der Waals surface area contributed by atoms with Crippen molar-refractivity contribution >= 4 is 17.7 Å². The second-order valence-corrected chi connectivity index (χ2v) is 5.20.